The molecule has 3 aromatic heterocycles. The van der Waals surface area contributed by atoms with Gasteiger partial charge >= 0.3 is 0 Å². The Balaban J connectivity index is 1.36. The number of para-hydroxylation sites is 1. The second-order valence-electron chi connectivity index (χ2n) is 5.43. The Hall–Kier alpha value is -3.04. The number of nitrogens with one attached hydrogen (secondary N) is 1. The molecule has 0 radical (unpaired) electrons. The van der Waals surface area contributed by atoms with E-state index in [0.717, 1.165) is 5.01 Å². The van der Waals surface area contributed by atoms with Gasteiger partial charge in [0, 0.05) is 18.8 Å². The van der Waals surface area contributed by atoms with Gasteiger partial charge in [0.05, 0.1) is 17.8 Å². The number of fused-ring (bicyclic) bond motifs is 1. The SMILES string of the molecule is O=C(Nc1nnc(CCOc2ccccc2Cl)s1)c1cnn2cccnc12. The zero-order chi connectivity index (χ0) is 18.6. The summed E-state index contributed by atoms with van der Waals surface area (Å²) in [6, 6.07) is 9.01. The average molecular weight is 401 g/mol. The number of hydrogen-bond acceptors (Lipinski definition) is 7. The number of nitrogens with zero attached hydrogens (tertiary/aromatic N) is 5. The van der Waals surface area contributed by atoms with E-state index >= 15 is 0 Å². The predicted molar refractivity (Wildman–Crippen MR) is 102 cm³/mol. The molecule has 0 bridgehead atoms. The highest BCUT2D eigenvalue weighted by molar-refractivity contribution is 7.15. The van der Waals surface area contributed by atoms with Gasteiger partial charge in [-0.05, 0) is 18.2 Å². The van der Waals surface area contributed by atoms with E-state index in [9.17, 15) is 4.79 Å². The fourth-order valence-corrected chi connectivity index (χ4v) is 3.27. The van der Waals surface area contributed by atoms with E-state index < -0.39 is 0 Å². The van der Waals surface area contributed by atoms with E-state index in [1.54, 1.807) is 30.6 Å². The number of aromatic nitrogens is 5. The molecule has 0 saturated heterocycles. The van der Waals surface area contributed by atoms with Crippen LogP contribution in [0.3, 0.4) is 0 Å². The molecular formula is C17H13ClN6O2S. The van der Waals surface area contributed by atoms with Crippen LogP contribution in [0.2, 0.25) is 5.02 Å². The number of ether oxygens (including phenoxy) is 1. The van der Waals surface area contributed by atoms with Crippen molar-refractivity contribution in [3.63, 3.8) is 0 Å². The van der Waals surface area contributed by atoms with Crippen LogP contribution in [0.25, 0.3) is 5.65 Å². The minimum Gasteiger partial charge on any atom is -0.492 e. The summed E-state index contributed by atoms with van der Waals surface area (Å²) in [5.74, 6) is 0.288. The van der Waals surface area contributed by atoms with Crippen LogP contribution in [0.5, 0.6) is 5.75 Å². The average Bonchev–Trinajstić information content (AvgIpc) is 3.30. The summed E-state index contributed by atoms with van der Waals surface area (Å²) in [7, 11) is 0. The fraction of sp³-hybridized carbons (Fsp3) is 0.118. The number of anilines is 1. The van der Waals surface area contributed by atoms with E-state index in [1.807, 2.05) is 12.1 Å². The molecule has 0 aliphatic rings. The zero-order valence-electron chi connectivity index (χ0n) is 13.9. The number of amides is 1. The van der Waals surface area contributed by atoms with Crippen LogP contribution in [-0.2, 0) is 6.42 Å². The molecule has 0 atom stereocenters. The predicted octanol–water partition coefficient (Wildman–Crippen LogP) is 3.11. The van der Waals surface area contributed by atoms with Crippen molar-refractivity contribution in [1.82, 2.24) is 24.8 Å². The van der Waals surface area contributed by atoms with Crippen LogP contribution in [0.15, 0.2) is 48.9 Å². The molecule has 0 unspecified atom stereocenters. The molecule has 1 amide bonds. The molecule has 8 nitrogen and oxygen atoms in total. The summed E-state index contributed by atoms with van der Waals surface area (Å²) in [5, 5.41) is 16.6. The van der Waals surface area contributed by atoms with Crippen LogP contribution in [0.1, 0.15) is 15.4 Å². The fourth-order valence-electron chi connectivity index (χ4n) is 2.37. The van der Waals surface area contributed by atoms with Gasteiger partial charge in [0.1, 0.15) is 16.3 Å². The molecule has 4 rings (SSSR count). The molecule has 136 valence electrons. The van der Waals surface area contributed by atoms with E-state index in [1.165, 1.54) is 22.0 Å². The van der Waals surface area contributed by atoms with Crippen LogP contribution >= 0.6 is 22.9 Å². The van der Waals surface area contributed by atoms with Crippen molar-refractivity contribution in [2.45, 2.75) is 6.42 Å². The highest BCUT2D eigenvalue weighted by Gasteiger charge is 2.16. The third-order valence-corrected chi connectivity index (χ3v) is 4.83. The van der Waals surface area contributed by atoms with Crippen LogP contribution in [0.4, 0.5) is 5.13 Å². The lowest BCUT2D eigenvalue weighted by molar-refractivity contribution is 0.102. The number of benzene rings is 1. The van der Waals surface area contributed by atoms with Gasteiger partial charge in [-0.15, -0.1) is 10.2 Å². The highest BCUT2D eigenvalue weighted by atomic mass is 35.5. The van der Waals surface area contributed by atoms with Gasteiger partial charge in [0.2, 0.25) is 5.13 Å². The molecule has 4 aromatic rings. The van der Waals surface area contributed by atoms with Crippen LogP contribution in [0, 0.1) is 0 Å². The van der Waals surface area contributed by atoms with Gasteiger partial charge in [0.15, 0.2) is 5.65 Å². The van der Waals surface area contributed by atoms with Gasteiger partial charge in [-0.2, -0.15) is 5.10 Å². The lowest BCUT2D eigenvalue weighted by Gasteiger charge is -2.05. The molecule has 27 heavy (non-hydrogen) atoms. The Morgan fingerprint density at radius 2 is 2.15 bits per heavy atom. The monoisotopic (exact) mass is 400 g/mol. The van der Waals surface area contributed by atoms with Crippen molar-refractivity contribution < 1.29 is 9.53 Å². The van der Waals surface area contributed by atoms with Crippen molar-refractivity contribution in [1.29, 1.82) is 0 Å². The van der Waals surface area contributed by atoms with Crippen LogP contribution in [-0.4, -0.2) is 37.3 Å². The maximum atomic E-state index is 12.4. The zero-order valence-corrected chi connectivity index (χ0v) is 15.4. The summed E-state index contributed by atoms with van der Waals surface area (Å²) >= 11 is 7.34. The Morgan fingerprint density at radius 3 is 3.04 bits per heavy atom. The molecular weight excluding hydrogens is 388 g/mol. The largest absolute Gasteiger partial charge is 0.492 e. The van der Waals surface area contributed by atoms with Crippen molar-refractivity contribution in [2.24, 2.45) is 0 Å². The third-order valence-electron chi connectivity index (χ3n) is 3.62. The normalized spacial score (nSPS) is 10.9. The molecule has 0 spiro atoms. The molecule has 0 saturated carbocycles. The molecule has 1 N–H and O–H groups in total. The molecule has 0 fully saturated rings. The summed E-state index contributed by atoms with van der Waals surface area (Å²) in [5.41, 5.74) is 0.849. The van der Waals surface area contributed by atoms with E-state index in [2.05, 4.69) is 25.6 Å². The number of hydrogen-bond donors (Lipinski definition) is 1. The third kappa shape index (κ3) is 3.88. The molecule has 0 aliphatic carbocycles. The lowest BCUT2D eigenvalue weighted by atomic mass is 10.3. The standard InChI is InChI=1S/C17H13ClN6O2S/c18-12-4-1-2-5-13(12)26-9-6-14-22-23-17(27-14)21-16(25)11-10-20-24-8-3-7-19-15(11)24/h1-5,7-8,10H,6,9H2,(H,21,23,25). The quantitative estimate of drug-likeness (QED) is 0.534. The highest BCUT2D eigenvalue weighted by Crippen LogP contribution is 2.24. The molecule has 10 heteroatoms. The van der Waals surface area contributed by atoms with Crippen molar-refractivity contribution in [3.8, 4) is 5.75 Å². The first-order chi connectivity index (χ1) is 13.2. The van der Waals surface area contributed by atoms with E-state index in [0.29, 0.717) is 40.1 Å². The number of carbonyl (C=O) groups excluding carboxylic acids is 1. The Bertz CT molecular complexity index is 1100. The maximum absolute atomic E-state index is 12.4. The maximum Gasteiger partial charge on any atom is 0.262 e. The van der Waals surface area contributed by atoms with Crippen molar-refractivity contribution in [2.75, 3.05) is 11.9 Å². The molecule has 0 aliphatic heterocycles. The van der Waals surface area contributed by atoms with E-state index in [4.69, 9.17) is 16.3 Å². The minimum atomic E-state index is -0.335. The first-order valence-electron chi connectivity index (χ1n) is 8.00. The van der Waals surface area contributed by atoms with Gasteiger partial charge in [0.25, 0.3) is 5.91 Å². The van der Waals surface area contributed by atoms with Crippen molar-refractivity contribution >= 4 is 39.6 Å². The number of rotatable bonds is 6. The van der Waals surface area contributed by atoms with E-state index in [-0.39, 0.29) is 5.91 Å². The topological polar surface area (TPSA) is 94.3 Å². The van der Waals surface area contributed by atoms with Gasteiger partial charge in [-0.3, -0.25) is 10.1 Å². The van der Waals surface area contributed by atoms with Gasteiger partial charge in [-0.1, -0.05) is 35.1 Å². The first kappa shape index (κ1) is 17.4. The second kappa shape index (κ2) is 7.68. The van der Waals surface area contributed by atoms with Gasteiger partial charge < -0.3 is 4.74 Å². The summed E-state index contributed by atoms with van der Waals surface area (Å²) in [6.45, 7) is 0.407. The number of halogens is 1. The second-order valence-corrected chi connectivity index (χ2v) is 6.90. The summed E-state index contributed by atoms with van der Waals surface area (Å²) < 4.78 is 7.17. The summed E-state index contributed by atoms with van der Waals surface area (Å²) in [4.78, 5) is 16.6. The van der Waals surface area contributed by atoms with Crippen molar-refractivity contribution in [3.05, 3.63) is 64.5 Å². The van der Waals surface area contributed by atoms with Gasteiger partial charge in [-0.25, -0.2) is 9.50 Å². The number of carbonyl (C=O) groups is 1. The lowest BCUT2D eigenvalue weighted by Crippen LogP contribution is -2.11. The molecule has 1 aromatic carbocycles. The Labute approximate surface area is 162 Å². The first-order valence-corrected chi connectivity index (χ1v) is 9.19. The van der Waals surface area contributed by atoms with Crippen LogP contribution < -0.4 is 10.1 Å². The Kier molecular flexibility index (Phi) is 4.95. The minimum absolute atomic E-state index is 0.335. The Morgan fingerprint density at radius 1 is 1.26 bits per heavy atom. The molecule has 3 heterocycles. The smallest absolute Gasteiger partial charge is 0.262 e. The summed E-state index contributed by atoms with van der Waals surface area (Å²) in [6.07, 6.45) is 5.35.